The van der Waals surface area contributed by atoms with Gasteiger partial charge in [0.2, 0.25) is 0 Å². The minimum absolute atomic E-state index is 0.0465. The Balaban J connectivity index is 1.88. The Kier molecular flexibility index (Phi) is 4.72. The van der Waals surface area contributed by atoms with Crippen molar-refractivity contribution in [3.05, 3.63) is 35.9 Å². The van der Waals surface area contributed by atoms with Crippen LogP contribution in [0.2, 0.25) is 0 Å². The minimum Gasteiger partial charge on any atom is -0.307 e. The molecular weight excluding hydrogens is 236 g/mol. The van der Waals surface area contributed by atoms with Crippen LogP contribution in [0.15, 0.2) is 30.3 Å². The van der Waals surface area contributed by atoms with Crippen molar-refractivity contribution in [3.63, 3.8) is 0 Å². The molecule has 3 heteroatoms. The lowest BCUT2D eigenvalue weighted by Crippen LogP contribution is -2.43. The van der Waals surface area contributed by atoms with E-state index in [1.54, 1.807) is 0 Å². The molecule has 0 unspecified atom stereocenters. The van der Waals surface area contributed by atoms with Gasteiger partial charge < -0.3 is 10.6 Å². The number of benzene rings is 1. The number of ketones is 1. The predicted molar refractivity (Wildman–Crippen MR) is 78.2 cm³/mol. The van der Waals surface area contributed by atoms with E-state index in [0.29, 0.717) is 24.4 Å². The first-order valence-corrected chi connectivity index (χ1v) is 7.14. The van der Waals surface area contributed by atoms with E-state index in [9.17, 15) is 4.79 Å². The maximum Gasteiger partial charge on any atom is 0.154 e. The molecule has 0 aliphatic carbocycles. The highest BCUT2D eigenvalue weighted by Crippen LogP contribution is 2.12. The number of hydrogen-bond acceptors (Lipinski definition) is 3. The van der Waals surface area contributed by atoms with Crippen LogP contribution in [0.3, 0.4) is 0 Å². The molecule has 104 valence electrons. The number of rotatable bonds is 7. The fraction of sp³-hybridized carbons (Fsp3) is 0.562. The van der Waals surface area contributed by atoms with Crippen LogP contribution in [0.4, 0.5) is 0 Å². The van der Waals surface area contributed by atoms with Crippen LogP contribution in [-0.4, -0.2) is 30.5 Å². The third kappa shape index (κ3) is 4.15. The topological polar surface area (TPSA) is 51.0 Å². The van der Waals surface area contributed by atoms with Gasteiger partial charge in [-0.2, -0.15) is 0 Å². The molecule has 3 atom stereocenters. The van der Waals surface area contributed by atoms with Crippen LogP contribution in [0.25, 0.3) is 0 Å². The number of Topliss-reactive ketones (excluding diaryl/α,β-unsaturated/α-hetero) is 1. The maximum absolute atomic E-state index is 12.4. The molecule has 0 saturated carbocycles. The summed E-state index contributed by atoms with van der Waals surface area (Å²) in [7, 11) is 0. The molecule has 1 saturated heterocycles. The van der Waals surface area contributed by atoms with Crippen molar-refractivity contribution in [1.29, 1.82) is 0 Å². The van der Waals surface area contributed by atoms with Gasteiger partial charge in [0, 0.05) is 25.0 Å². The van der Waals surface area contributed by atoms with Crippen LogP contribution < -0.4 is 10.6 Å². The average molecular weight is 260 g/mol. The van der Waals surface area contributed by atoms with E-state index in [-0.39, 0.29) is 11.8 Å². The SMILES string of the molecule is CC(C)[C@H](NC[C@@H]1N[C@@H]1C)C(=O)Cc1ccccc1. The average Bonchev–Trinajstić information content (AvgIpc) is 3.06. The van der Waals surface area contributed by atoms with Gasteiger partial charge in [-0.25, -0.2) is 0 Å². The second kappa shape index (κ2) is 6.31. The van der Waals surface area contributed by atoms with Crippen LogP contribution in [-0.2, 0) is 11.2 Å². The van der Waals surface area contributed by atoms with E-state index in [1.165, 1.54) is 0 Å². The lowest BCUT2D eigenvalue weighted by Gasteiger charge is -2.21. The summed E-state index contributed by atoms with van der Waals surface area (Å²) in [5, 5.41) is 6.76. The molecule has 0 spiro atoms. The Morgan fingerprint density at radius 3 is 2.47 bits per heavy atom. The highest BCUT2D eigenvalue weighted by molar-refractivity contribution is 5.86. The lowest BCUT2D eigenvalue weighted by molar-refractivity contribution is -0.121. The van der Waals surface area contributed by atoms with Crippen LogP contribution in [0.1, 0.15) is 26.3 Å². The zero-order valence-corrected chi connectivity index (χ0v) is 12.0. The summed E-state index contributed by atoms with van der Waals surface area (Å²) in [5.74, 6) is 0.611. The fourth-order valence-electron chi connectivity index (χ4n) is 2.40. The summed E-state index contributed by atoms with van der Waals surface area (Å²) in [6.07, 6.45) is 0.518. The molecule has 2 N–H and O–H groups in total. The minimum atomic E-state index is -0.0465. The quantitative estimate of drug-likeness (QED) is 0.735. The first-order valence-electron chi connectivity index (χ1n) is 7.14. The van der Waals surface area contributed by atoms with E-state index in [2.05, 4.69) is 31.4 Å². The highest BCUT2D eigenvalue weighted by atomic mass is 16.1. The van der Waals surface area contributed by atoms with Crippen molar-refractivity contribution in [3.8, 4) is 0 Å². The summed E-state index contributed by atoms with van der Waals surface area (Å²) < 4.78 is 0. The molecule has 1 fully saturated rings. The van der Waals surface area contributed by atoms with Crippen molar-refractivity contribution in [1.82, 2.24) is 10.6 Å². The third-order valence-corrected chi connectivity index (χ3v) is 3.76. The smallest absolute Gasteiger partial charge is 0.154 e. The van der Waals surface area contributed by atoms with E-state index in [0.717, 1.165) is 12.1 Å². The van der Waals surface area contributed by atoms with Gasteiger partial charge >= 0.3 is 0 Å². The van der Waals surface area contributed by atoms with Gasteiger partial charge in [0.05, 0.1) is 6.04 Å². The van der Waals surface area contributed by atoms with Gasteiger partial charge in [-0.15, -0.1) is 0 Å². The standard InChI is InChI=1S/C16H24N2O/c1-11(2)16(17-10-14-12(3)18-14)15(19)9-13-7-5-4-6-8-13/h4-8,11-12,14,16-18H,9-10H2,1-3H3/t12-,14+,16+/m1/s1. The summed E-state index contributed by atoms with van der Waals surface area (Å²) in [6, 6.07) is 11.0. The van der Waals surface area contributed by atoms with Gasteiger partial charge in [0.1, 0.15) is 0 Å². The Hall–Kier alpha value is -1.19. The number of hydrogen-bond donors (Lipinski definition) is 2. The first kappa shape index (κ1) is 14.2. The van der Waals surface area contributed by atoms with E-state index in [4.69, 9.17) is 0 Å². The fourth-order valence-corrected chi connectivity index (χ4v) is 2.40. The molecule has 0 amide bonds. The van der Waals surface area contributed by atoms with E-state index < -0.39 is 0 Å². The normalized spacial score (nSPS) is 23.4. The molecule has 3 nitrogen and oxygen atoms in total. The molecule has 1 aliphatic rings. The van der Waals surface area contributed by atoms with Gasteiger partial charge in [-0.1, -0.05) is 44.2 Å². The first-order chi connectivity index (χ1) is 9.08. The molecule has 19 heavy (non-hydrogen) atoms. The number of carbonyl (C=O) groups is 1. The van der Waals surface area contributed by atoms with E-state index in [1.807, 2.05) is 30.3 Å². The molecule has 2 rings (SSSR count). The summed E-state index contributed by atoms with van der Waals surface area (Å²) in [4.78, 5) is 12.4. The van der Waals surface area contributed by atoms with Crippen molar-refractivity contribution >= 4 is 5.78 Å². The van der Waals surface area contributed by atoms with Crippen LogP contribution in [0, 0.1) is 5.92 Å². The van der Waals surface area contributed by atoms with Crippen LogP contribution >= 0.6 is 0 Å². The predicted octanol–water partition coefficient (Wildman–Crippen LogP) is 1.77. The van der Waals surface area contributed by atoms with Gasteiger partial charge in [-0.3, -0.25) is 4.79 Å². The largest absolute Gasteiger partial charge is 0.307 e. The molecule has 1 aromatic rings. The Morgan fingerprint density at radius 2 is 1.95 bits per heavy atom. The maximum atomic E-state index is 12.4. The van der Waals surface area contributed by atoms with E-state index >= 15 is 0 Å². The summed E-state index contributed by atoms with van der Waals surface area (Å²) in [6.45, 7) is 7.25. The van der Waals surface area contributed by atoms with Crippen molar-refractivity contribution in [2.45, 2.75) is 45.3 Å². The van der Waals surface area contributed by atoms with Gasteiger partial charge in [0.25, 0.3) is 0 Å². The molecule has 1 aliphatic heterocycles. The Labute approximate surface area is 115 Å². The summed E-state index contributed by atoms with van der Waals surface area (Å²) >= 11 is 0. The Morgan fingerprint density at radius 1 is 1.32 bits per heavy atom. The Bertz CT molecular complexity index is 416. The third-order valence-electron chi connectivity index (χ3n) is 3.76. The second-order valence-electron chi connectivity index (χ2n) is 5.82. The van der Waals surface area contributed by atoms with Crippen molar-refractivity contribution in [2.24, 2.45) is 5.92 Å². The van der Waals surface area contributed by atoms with Gasteiger partial charge in [-0.05, 0) is 18.4 Å². The number of carbonyl (C=O) groups excluding carboxylic acids is 1. The zero-order valence-electron chi connectivity index (χ0n) is 12.0. The van der Waals surface area contributed by atoms with Crippen molar-refractivity contribution in [2.75, 3.05) is 6.54 Å². The van der Waals surface area contributed by atoms with Gasteiger partial charge in [0.15, 0.2) is 5.78 Å². The lowest BCUT2D eigenvalue weighted by atomic mass is 9.95. The molecule has 0 radical (unpaired) electrons. The van der Waals surface area contributed by atoms with Crippen molar-refractivity contribution < 1.29 is 4.79 Å². The molecule has 1 heterocycles. The molecule has 1 aromatic carbocycles. The monoisotopic (exact) mass is 260 g/mol. The van der Waals surface area contributed by atoms with Crippen LogP contribution in [0.5, 0.6) is 0 Å². The number of nitrogens with one attached hydrogen (secondary N) is 2. The summed E-state index contributed by atoms with van der Waals surface area (Å²) in [5.41, 5.74) is 1.10. The zero-order chi connectivity index (χ0) is 13.8. The molecule has 0 aromatic heterocycles. The molecule has 0 bridgehead atoms. The second-order valence-corrected chi connectivity index (χ2v) is 5.82. The molecular formula is C16H24N2O. The highest BCUT2D eigenvalue weighted by Gasteiger charge is 2.32.